The normalized spacial score (nSPS) is 10.8. The number of H-pyrrole nitrogens is 1. The highest BCUT2D eigenvalue weighted by atomic mass is 35.5. The largest absolute Gasteiger partial charge is 0.484 e. The van der Waals surface area contributed by atoms with Crippen molar-refractivity contribution in [1.29, 1.82) is 0 Å². The monoisotopic (exact) mass is 272 g/mol. The molecular formula is C15H13ClN2O. The van der Waals surface area contributed by atoms with Gasteiger partial charge >= 0.3 is 0 Å². The van der Waals surface area contributed by atoms with Gasteiger partial charge in [-0.25, -0.2) is 4.98 Å². The Morgan fingerprint density at radius 3 is 2.89 bits per heavy atom. The van der Waals surface area contributed by atoms with Crippen molar-refractivity contribution in [2.24, 2.45) is 0 Å². The van der Waals surface area contributed by atoms with Gasteiger partial charge in [-0.2, -0.15) is 0 Å². The van der Waals surface area contributed by atoms with Crippen LogP contribution in [0.2, 0.25) is 5.02 Å². The Balaban J connectivity index is 1.80. The summed E-state index contributed by atoms with van der Waals surface area (Å²) >= 11 is 6.03. The number of imidazole rings is 1. The molecule has 96 valence electrons. The zero-order valence-electron chi connectivity index (χ0n) is 10.5. The van der Waals surface area contributed by atoms with Crippen LogP contribution in [0.25, 0.3) is 11.0 Å². The van der Waals surface area contributed by atoms with Crippen LogP contribution in [0, 0.1) is 6.92 Å². The van der Waals surface area contributed by atoms with E-state index < -0.39 is 0 Å². The number of nitrogens with zero attached hydrogens (tertiary/aromatic N) is 1. The van der Waals surface area contributed by atoms with Crippen molar-refractivity contribution in [1.82, 2.24) is 9.97 Å². The summed E-state index contributed by atoms with van der Waals surface area (Å²) in [7, 11) is 0. The fourth-order valence-electron chi connectivity index (χ4n) is 1.95. The molecule has 0 bridgehead atoms. The predicted octanol–water partition coefficient (Wildman–Crippen LogP) is 4.10. The molecule has 4 heteroatoms. The molecule has 0 fully saturated rings. The third-order valence-corrected chi connectivity index (χ3v) is 3.20. The highest BCUT2D eigenvalue weighted by molar-refractivity contribution is 6.32. The lowest BCUT2D eigenvalue weighted by atomic mass is 10.2. The second-order valence-corrected chi connectivity index (χ2v) is 4.83. The fraction of sp³-hybridized carbons (Fsp3) is 0.133. The molecule has 19 heavy (non-hydrogen) atoms. The molecule has 0 unspecified atom stereocenters. The van der Waals surface area contributed by atoms with Crippen LogP contribution in [0.5, 0.6) is 5.75 Å². The number of halogens is 1. The molecule has 0 saturated heterocycles. The third kappa shape index (κ3) is 2.56. The van der Waals surface area contributed by atoms with Gasteiger partial charge in [0.25, 0.3) is 0 Å². The number of rotatable bonds is 3. The molecule has 2 aromatic carbocycles. The molecule has 0 spiro atoms. The Hall–Kier alpha value is -2.00. The zero-order chi connectivity index (χ0) is 13.2. The van der Waals surface area contributed by atoms with Crippen molar-refractivity contribution in [2.75, 3.05) is 0 Å². The van der Waals surface area contributed by atoms with Gasteiger partial charge in [0.1, 0.15) is 18.2 Å². The second kappa shape index (κ2) is 4.94. The van der Waals surface area contributed by atoms with Crippen molar-refractivity contribution in [3.8, 4) is 5.75 Å². The molecule has 1 heterocycles. The van der Waals surface area contributed by atoms with E-state index in [4.69, 9.17) is 16.3 Å². The lowest BCUT2D eigenvalue weighted by molar-refractivity contribution is 0.298. The number of hydrogen-bond donors (Lipinski definition) is 1. The first kappa shape index (κ1) is 12.1. The Morgan fingerprint density at radius 1 is 1.21 bits per heavy atom. The van der Waals surface area contributed by atoms with Gasteiger partial charge in [0, 0.05) is 0 Å². The van der Waals surface area contributed by atoms with Crippen LogP contribution in [0.15, 0.2) is 42.5 Å². The summed E-state index contributed by atoms with van der Waals surface area (Å²) in [5.74, 6) is 1.46. The molecule has 0 atom stereocenters. The average molecular weight is 273 g/mol. The number of ether oxygens (including phenoxy) is 1. The lowest BCUT2D eigenvalue weighted by Gasteiger charge is -2.05. The topological polar surface area (TPSA) is 37.9 Å². The molecule has 0 aliphatic carbocycles. The minimum Gasteiger partial charge on any atom is -0.484 e. The molecular weight excluding hydrogens is 260 g/mol. The summed E-state index contributed by atoms with van der Waals surface area (Å²) in [6.07, 6.45) is 0. The molecule has 3 aromatic rings. The number of aryl methyl sites for hydroxylation is 1. The molecule has 0 saturated carbocycles. The van der Waals surface area contributed by atoms with Crippen LogP contribution < -0.4 is 4.74 Å². The Kier molecular flexibility index (Phi) is 3.13. The molecule has 3 rings (SSSR count). The standard InChI is InChI=1S/C15H13ClN2O/c1-10-6-7-12-13(8-10)18-15(17-12)9-19-14-5-3-2-4-11(14)16/h2-8H,9H2,1H3,(H,17,18). The average Bonchev–Trinajstić information content (AvgIpc) is 2.79. The van der Waals surface area contributed by atoms with Crippen molar-refractivity contribution < 1.29 is 4.74 Å². The summed E-state index contributed by atoms with van der Waals surface area (Å²) in [6.45, 7) is 2.43. The quantitative estimate of drug-likeness (QED) is 0.779. The van der Waals surface area contributed by atoms with Crippen molar-refractivity contribution in [3.63, 3.8) is 0 Å². The van der Waals surface area contributed by atoms with Crippen molar-refractivity contribution in [2.45, 2.75) is 13.5 Å². The number of fused-ring (bicyclic) bond motifs is 1. The van der Waals surface area contributed by atoms with Crippen LogP contribution in [0.4, 0.5) is 0 Å². The van der Waals surface area contributed by atoms with Gasteiger partial charge in [0.15, 0.2) is 0 Å². The van der Waals surface area contributed by atoms with Crippen LogP contribution >= 0.6 is 11.6 Å². The number of aromatic nitrogens is 2. The molecule has 0 amide bonds. The molecule has 0 radical (unpaired) electrons. The maximum Gasteiger partial charge on any atom is 0.146 e. The number of para-hydroxylation sites is 1. The van der Waals surface area contributed by atoms with Crippen molar-refractivity contribution >= 4 is 22.6 Å². The maximum atomic E-state index is 6.03. The number of hydrogen-bond acceptors (Lipinski definition) is 2. The third-order valence-electron chi connectivity index (χ3n) is 2.89. The molecule has 0 aliphatic rings. The summed E-state index contributed by atoms with van der Waals surface area (Å²) in [4.78, 5) is 7.72. The van der Waals surface area contributed by atoms with Crippen LogP contribution in [-0.2, 0) is 6.61 Å². The molecule has 1 N–H and O–H groups in total. The van der Waals surface area contributed by atoms with E-state index >= 15 is 0 Å². The zero-order valence-corrected chi connectivity index (χ0v) is 11.2. The van der Waals surface area contributed by atoms with E-state index in [9.17, 15) is 0 Å². The molecule has 1 aromatic heterocycles. The van der Waals surface area contributed by atoms with E-state index in [1.54, 1.807) is 6.07 Å². The Morgan fingerprint density at radius 2 is 2.05 bits per heavy atom. The smallest absolute Gasteiger partial charge is 0.146 e. The van der Waals surface area contributed by atoms with Crippen LogP contribution in [0.1, 0.15) is 11.4 Å². The first-order chi connectivity index (χ1) is 9.22. The van der Waals surface area contributed by atoms with Gasteiger partial charge in [-0.15, -0.1) is 0 Å². The van der Waals surface area contributed by atoms with Gasteiger partial charge in [0.2, 0.25) is 0 Å². The summed E-state index contributed by atoms with van der Waals surface area (Å²) < 4.78 is 5.66. The first-order valence-corrected chi connectivity index (χ1v) is 6.43. The van der Waals surface area contributed by atoms with Crippen LogP contribution in [-0.4, -0.2) is 9.97 Å². The summed E-state index contributed by atoms with van der Waals surface area (Å²) in [6, 6.07) is 13.5. The van der Waals surface area contributed by atoms with Gasteiger partial charge in [-0.3, -0.25) is 0 Å². The number of benzene rings is 2. The van der Waals surface area contributed by atoms with E-state index in [-0.39, 0.29) is 0 Å². The maximum absolute atomic E-state index is 6.03. The van der Waals surface area contributed by atoms with Crippen LogP contribution in [0.3, 0.4) is 0 Å². The van der Waals surface area contributed by atoms with E-state index in [0.717, 1.165) is 16.9 Å². The van der Waals surface area contributed by atoms with Gasteiger partial charge in [-0.1, -0.05) is 29.8 Å². The highest BCUT2D eigenvalue weighted by Crippen LogP contribution is 2.24. The highest BCUT2D eigenvalue weighted by Gasteiger charge is 2.05. The minimum absolute atomic E-state index is 0.372. The minimum atomic E-state index is 0.372. The van der Waals surface area contributed by atoms with E-state index in [1.165, 1.54) is 5.56 Å². The van der Waals surface area contributed by atoms with E-state index in [1.807, 2.05) is 30.3 Å². The SMILES string of the molecule is Cc1ccc2nc(COc3ccccc3Cl)[nH]c2c1. The van der Waals surface area contributed by atoms with E-state index in [2.05, 4.69) is 23.0 Å². The van der Waals surface area contributed by atoms with Gasteiger partial charge < -0.3 is 9.72 Å². The Bertz CT molecular complexity index is 721. The van der Waals surface area contributed by atoms with Gasteiger partial charge in [-0.05, 0) is 36.8 Å². The Labute approximate surface area is 116 Å². The van der Waals surface area contributed by atoms with Gasteiger partial charge in [0.05, 0.1) is 16.1 Å². The molecule has 3 nitrogen and oxygen atoms in total. The van der Waals surface area contributed by atoms with E-state index in [0.29, 0.717) is 17.4 Å². The number of aromatic amines is 1. The lowest BCUT2D eigenvalue weighted by Crippen LogP contribution is -1.97. The summed E-state index contributed by atoms with van der Waals surface area (Å²) in [5, 5.41) is 0.606. The van der Waals surface area contributed by atoms with Crippen molar-refractivity contribution in [3.05, 3.63) is 58.9 Å². The summed E-state index contributed by atoms with van der Waals surface area (Å²) in [5.41, 5.74) is 3.18. The predicted molar refractivity (Wildman–Crippen MR) is 76.6 cm³/mol. The fourth-order valence-corrected chi connectivity index (χ4v) is 2.14. The first-order valence-electron chi connectivity index (χ1n) is 6.05. The molecule has 0 aliphatic heterocycles. The second-order valence-electron chi connectivity index (χ2n) is 4.42. The number of nitrogens with one attached hydrogen (secondary N) is 1.